The fourth-order valence-electron chi connectivity index (χ4n) is 3.15. The van der Waals surface area contributed by atoms with Crippen molar-refractivity contribution in [1.82, 2.24) is 14.9 Å². The van der Waals surface area contributed by atoms with Crippen LogP contribution in [0, 0.1) is 6.92 Å². The number of thiophene rings is 2. The van der Waals surface area contributed by atoms with Crippen molar-refractivity contribution in [3.63, 3.8) is 0 Å². The molecule has 3 aromatic rings. The molecule has 0 aromatic carbocycles. The normalized spacial score (nSPS) is 11.1. The predicted octanol–water partition coefficient (Wildman–Crippen LogP) is 3.02. The summed E-state index contributed by atoms with van der Waals surface area (Å²) in [6.07, 6.45) is 0. The predicted molar refractivity (Wildman–Crippen MR) is 127 cm³/mol. The summed E-state index contributed by atoms with van der Waals surface area (Å²) in [7, 11) is 3.71. The van der Waals surface area contributed by atoms with Crippen LogP contribution in [0.25, 0.3) is 10.2 Å². The minimum absolute atomic E-state index is 0.0232. The van der Waals surface area contributed by atoms with Crippen molar-refractivity contribution in [3.8, 4) is 0 Å². The van der Waals surface area contributed by atoms with E-state index in [1.807, 2.05) is 19.0 Å². The highest BCUT2D eigenvalue weighted by atomic mass is 32.1. The van der Waals surface area contributed by atoms with Crippen molar-refractivity contribution in [2.75, 3.05) is 32.6 Å². The summed E-state index contributed by atoms with van der Waals surface area (Å²) in [6, 6.07) is 0. The summed E-state index contributed by atoms with van der Waals surface area (Å²) in [5, 5.41) is 4.63. The molecule has 0 atom stereocenters. The van der Waals surface area contributed by atoms with E-state index in [0.717, 1.165) is 22.7 Å². The van der Waals surface area contributed by atoms with Crippen molar-refractivity contribution in [3.05, 3.63) is 43.1 Å². The van der Waals surface area contributed by atoms with Gasteiger partial charge < -0.3 is 24.7 Å². The number of amides is 1. The molecule has 0 saturated heterocycles. The lowest BCUT2D eigenvalue weighted by Gasteiger charge is -2.08. The number of H-pyrrole nitrogens is 1. The number of anilines is 1. The van der Waals surface area contributed by atoms with Gasteiger partial charge in [-0.1, -0.05) is 0 Å². The van der Waals surface area contributed by atoms with Gasteiger partial charge in [0.05, 0.1) is 35.6 Å². The molecule has 0 radical (unpaired) electrons. The molecule has 2 N–H and O–H groups in total. The van der Waals surface area contributed by atoms with Crippen LogP contribution in [0.5, 0.6) is 0 Å². The molecule has 176 valence electrons. The van der Waals surface area contributed by atoms with Crippen molar-refractivity contribution >= 4 is 55.7 Å². The molecule has 0 unspecified atom stereocenters. The molecular weight excluding hydrogens is 468 g/mol. The van der Waals surface area contributed by atoms with E-state index in [0.29, 0.717) is 28.1 Å². The molecule has 33 heavy (non-hydrogen) atoms. The summed E-state index contributed by atoms with van der Waals surface area (Å²) in [5.41, 5.74) is 0.127. The average Bonchev–Trinajstić information content (AvgIpc) is 3.29. The van der Waals surface area contributed by atoms with Gasteiger partial charge in [0.25, 0.3) is 11.5 Å². The number of ether oxygens (including phenoxy) is 2. The molecule has 0 bridgehead atoms. The Balaban J connectivity index is 1.99. The third-order valence-corrected chi connectivity index (χ3v) is 6.59. The van der Waals surface area contributed by atoms with Gasteiger partial charge in [0, 0.05) is 5.38 Å². The number of rotatable bonds is 8. The van der Waals surface area contributed by atoms with Gasteiger partial charge in [0.2, 0.25) is 0 Å². The lowest BCUT2D eigenvalue weighted by Crippen LogP contribution is -2.18. The van der Waals surface area contributed by atoms with E-state index < -0.39 is 17.8 Å². The van der Waals surface area contributed by atoms with Crippen molar-refractivity contribution in [2.45, 2.75) is 27.3 Å². The Labute approximate surface area is 197 Å². The van der Waals surface area contributed by atoms with Gasteiger partial charge >= 0.3 is 11.9 Å². The first-order valence-corrected chi connectivity index (χ1v) is 11.8. The lowest BCUT2D eigenvalue weighted by molar-refractivity contribution is 0.0481. The quantitative estimate of drug-likeness (QED) is 0.459. The summed E-state index contributed by atoms with van der Waals surface area (Å²) in [4.78, 5) is 60.3. The number of hydrogen-bond donors (Lipinski definition) is 2. The van der Waals surface area contributed by atoms with E-state index >= 15 is 0 Å². The van der Waals surface area contributed by atoms with Crippen molar-refractivity contribution < 1.29 is 23.9 Å². The van der Waals surface area contributed by atoms with Crippen LogP contribution in [0.3, 0.4) is 0 Å². The summed E-state index contributed by atoms with van der Waals surface area (Å²) in [6.45, 7) is 5.64. The van der Waals surface area contributed by atoms with Gasteiger partial charge in [-0.2, -0.15) is 0 Å². The van der Waals surface area contributed by atoms with Gasteiger partial charge in [-0.15, -0.1) is 22.7 Å². The SMILES string of the molecule is CCOC(=O)c1csc(NC(=O)c2sc3nc(CN(C)C)[nH]c(=O)c3c2C)c1C(=O)OCC. The fourth-order valence-corrected chi connectivity index (χ4v) is 5.16. The topological polar surface area (TPSA) is 131 Å². The third kappa shape index (κ3) is 5.13. The molecule has 0 aliphatic rings. The Morgan fingerprint density at radius 1 is 1.15 bits per heavy atom. The first kappa shape index (κ1) is 24.6. The Bertz CT molecular complexity index is 1270. The Morgan fingerprint density at radius 2 is 1.82 bits per heavy atom. The molecule has 0 spiro atoms. The molecule has 12 heteroatoms. The maximum Gasteiger partial charge on any atom is 0.342 e. The van der Waals surface area contributed by atoms with Crippen LogP contribution in [0.15, 0.2) is 10.2 Å². The molecule has 0 aliphatic carbocycles. The maximum absolute atomic E-state index is 13.1. The van der Waals surface area contributed by atoms with E-state index in [-0.39, 0.29) is 39.8 Å². The zero-order valence-electron chi connectivity index (χ0n) is 18.9. The van der Waals surface area contributed by atoms with Crippen molar-refractivity contribution in [1.29, 1.82) is 0 Å². The first-order chi connectivity index (χ1) is 15.7. The number of nitrogens with one attached hydrogen (secondary N) is 2. The van der Waals surface area contributed by atoms with Crippen LogP contribution in [0.2, 0.25) is 0 Å². The van der Waals surface area contributed by atoms with Crippen LogP contribution in [0.4, 0.5) is 5.00 Å². The van der Waals surface area contributed by atoms with Gasteiger partial charge in [-0.25, -0.2) is 14.6 Å². The molecule has 0 fully saturated rings. The number of fused-ring (bicyclic) bond motifs is 1. The Kier molecular flexibility index (Phi) is 7.61. The van der Waals surface area contributed by atoms with E-state index in [4.69, 9.17) is 9.47 Å². The number of aromatic nitrogens is 2. The highest BCUT2D eigenvalue weighted by Crippen LogP contribution is 2.32. The second-order valence-corrected chi connectivity index (χ2v) is 9.11. The first-order valence-electron chi connectivity index (χ1n) is 10.1. The number of nitrogens with zero attached hydrogens (tertiary/aromatic N) is 2. The van der Waals surface area contributed by atoms with Gasteiger partial charge in [-0.05, 0) is 40.4 Å². The number of aryl methyl sites for hydroxylation is 1. The van der Waals surface area contributed by atoms with Crippen LogP contribution < -0.4 is 10.9 Å². The number of aromatic amines is 1. The molecule has 1 amide bonds. The number of esters is 2. The van der Waals surface area contributed by atoms with Crippen molar-refractivity contribution in [2.24, 2.45) is 0 Å². The van der Waals surface area contributed by atoms with Gasteiger partial charge in [0.15, 0.2) is 0 Å². The second-order valence-electron chi connectivity index (χ2n) is 7.24. The molecule has 0 saturated carbocycles. The van der Waals surface area contributed by atoms with Crippen LogP contribution in [0.1, 0.15) is 55.6 Å². The Morgan fingerprint density at radius 3 is 2.45 bits per heavy atom. The third-order valence-electron chi connectivity index (χ3n) is 4.51. The smallest absolute Gasteiger partial charge is 0.342 e. The summed E-state index contributed by atoms with van der Waals surface area (Å²) in [5.74, 6) is -1.45. The maximum atomic E-state index is 13.1. The van der Waals surface area contributed by atoms with Crippen LogP contribution in [-0.4, -0.2) is 60.0 Å². The van der Waals surface area contributed by atoms with E-state index in [1.165, 1.54) is 5.38 Å². The minimum Gasteiger partial charge on any atom is -0.462 e. The largest absolute Gasteiger partial charge is 0.462 e. The highest BCUT2D eigenvalue weighted by molar-refractivity contribution is 7.21. The van der Waals surface area contributed by atoms with E-state index in [1.54, 1.807) is 20.8 Å². The van der Waals surface area contributed by atoms with Crippen LogP contribution in [-0.2, 0) is 16.0 Å². The summed E-state index contributed by atoms with van der Waals surface area (Å²) < 4.78 is 10.1. The average molecular weight is 493 g/mol. The molecule has 3 heterocycles. The molecule has 10 nitrogen and oxygen atoms in total. The summed E-state index contributed by atoms with van der Waals surface area (Å²) >= 11 is 2.10. The van der Waals surface area contributed by atoms with Gasteiger partial charge in [-0.3, -0.25) is 9.59 Å². The van der Waals surface area contributed by atoms with E-state index in [2.05, 4.69) is 15.3 Å². The highest BCUT2D eigenvalue weighted by Gasteiger charge is 2.28. The number of hydrogen-bond acceptors (Lipinski definition) is 10. The number of carbonyl (C=O) groups is 3. The molecular formula is C21H24N4O6S2. The lowest BCUT2D eigenvalue weighted by atomic mass is 10.1. The minimum atomic E-state index is -0.739. The molecule has 0 aliphatic heterocycles. The second kappa shape index (κ2) is 10.2. The monoisotopic (exact) mass is 492 g/mol. The number of carbonyl (C=O) groups excluding carboxylic acids is 3. The van der Waals surface area contributed by atoms with E-state index in [9.17, 15) is 19.2 Å². The fraction of sp³-hybridized carbons (Fsp3) is 0.381. The standard InChI is InChI=1S/C21H24N4O6S2/c1-6-30-20(28)11-9-32-18(14(11)21(29)31-7-2)24-17(27)15-10(3)13-16(26)22-12(8-25(4)5)23-19(13)33-15/h9H,6-8H2,1-5H3,(H,24,27)(H,22,23,26). The Hall–Kier alpha value is -3.09. The zero-order chi connectivity index (χ0) is 24.3. The van der Waals surface area contributed by atoms with Gasteiger partial charge in [0.1, 0.15) is 21.2 Å². The molecule has 3 aromatic heterocycles. The molecule has 3 rings (SSSR count). The van der Waals surface area contributed by atoms with Crippen LogP contribution >= 0.6 is 22.7 Å². The zero-order valence-corrected chi connectivity index (χ0v) is 20.5.